The molecule has 14 heteroatoms. The lowest BCUT2D eigenvalue weighted by molar-refractivity contribution is -0.182. The quantitative estimate of drug-likeness (QED) is 0.365. The maximum absolute atomic E-state index is 13.8. The maximum Gasteiger partial charge on any atom is 0.411 e. The Morgan fingerprint density at radius 1 is 1.17 bits per heavy atom. The normalized spacial score (nSPS) is 11.9. The van der Waals surface area contributed by atoms with Crippen LogP contribution in [0.1, 0.15) is 22.5 Å². The summed E-state index contributed by atoms with van der Waals surface area (Å²) in [7, 11) is 1.43. The number of carbonyl (C=O) groups is 1. The van der Waals surface area contributed by atoms with Crippen molar-refractivity contribution in [2.24, 2.45) is 0 Å². The zero-order valence-electron chi connectivity index (χ0n) is 18.0. The zero-order valence-corrected chi connectivity index (χ0v) is 18.0. The number of hydrogen-bond donors (Lipinski definition) is 1. The SMILES string of the molecule is COc1ccccc1-c1cc(C(F)F)n2ncc(C(=O)Nc3cnn(COCC(F)(F)F)c3)c2n1. The summed E-state index contributed by atoms with van der Waals surface area (Å²) in [5, 5.41) is 10.2. The number of halogens is 5. The molecule has 9 nitrogen and oxygen atoms in total. The van der Waals surface area contributed by atoms with Crippen LogP contribution in [0.3, 0.4) is 0 Å². The third-order valence-electron chi connectivity index (χ3n) is 4.73. The summed E-state index contributed by atoms with van der Waals surface area (Å²) >= 11 is 0. The van der Waals surface area contributed by atoms with E-state index in [-0.39, 0.29) is 22.6 Å². The molecule has 4 rings (SSSR count). The Balaban J connectivity index is 1.62. The number of methoxy groups -OCH3 is 1. The van der Waals surface area contributed by atoms with Gasteiger partial charge in [0.1, 0.15) is 30.3 Å². The lowest BCUT2D eigenvalue weighted by atomic mass is 10.1. The molecular weight excluding hydrogens is 479 g/mol. The van der Waals surface area contributed by atoms with Crippen LogP contribution in [0.25, 0.3) is 16.9 Å². The number of nitrogens with zero attached hydrogens (tertiary/aromatic N) is 5. The second-order valence-electron chi connectivity index (χ2n) is 7.18. The van der Waals surface area contributed by atoms with Gasteiger partial charge in [0.25, 0.3) is 12.3 Å². The van der Waals surface area contributed by atoms with Crippen molar-refractivity contribution < 1.29 is 36.2 Å². The third-order valence-corrected chi connectivity index (χ3v) is 4.73. The monoisotopic (exact) mass is 496 g/mol. The number of hydrogen-bond acceptors (Lipinski definition) is 6. The van der Waals surface area contributed by atoms with Gasteiger partial charge in [-0.3, -0.25) is 4.79 Å². The number of aromatic nitrogens is 5. The van der Waals surface area contributed by atoms with Gasteiger partial charge < -0.3 is 14.8 Å². The Hall–Kier alpha value is -4.07. The van der Waals surface area contributed by atoms with Gasteiger partial charge in [-0.25, -0.2) is 23.0 Å². The number of rotatable bonds is 8. The molecule has 3 heterocycles. The molecule has 0 saturated heterocycles. The van der Waals surface area contributed by atoms with Crippen LogP contribution in [0.2, 0.25) is 0 Å². The number of para-hydroxylation sites is 1. The number of anilines is 1. The van der Waals surface area contributed by atoms with Crippen molar-refractivity contribution in [1.82, 2.24) is 24.4 Å². The van der Waals surface area contributed by atoms with Crippen LogP contribution in [0.15, 0.2) is 48.9 Å². The van der Waals surface area contributed by atoms with E-state index in [1.165, 1.54) is 19.5 Å². The first-order chi connectivity index (χ1) is 16.7. The highest BCUT2D eigenvalue weighted by Crippen LogP contribution is 2.32. The Bertz CT molecular complexity index is 1350. The number of benzene rings is 1. The van der Waals surface area contributed by atoms with E-state index >= 15 is 0 Å². The lowest BCUT2D eigenvalue weighted by Crippen LogP contribution is -2.18. The van der Waals surface area contributed by atoms with Gasteiger partial charge in [0, 0.05) is 5.56 Å². The average molecular weight is 496 g/mol. The van der Waals surface area contributed by atoms with Gasteiger partial charge in [0.05, 0.1) is 37.1 Å². The highest BCUT2D eigenvalue weighted by Gasteiger charge is 2.27. The van der Waals surface area contributed by atoms with E-state index in [0.717, 1.165) is 21.5 Å². The second kappa shape index (κ2) is 9.66. The van der Waals surface area contributed by atoms with Crippen molar-refractivity contribution in [3.05, 3.63) is 60.2 Å². The van der Waals surface area contributed by atoms with Crippen LogP contribution in [0.4, 0.5) is 27.6 Å². The molecule has 1 N–H and O–H groups in total. The van der Waals surface area contributed by atoms with Gasteiger partial charge in [0.2, 0.25) is 0 Å². The predicted molar refractivity (Wildman–Crippen MR) is 112 cm³/mol. The molecule has 0 radical (unpaired) electrons. The first-order valence-electron chi connectivity index (χ1n) is 9.95. The Morgan fingerprint density at radius 2 is 1.94 bits per heavy atom. The summed E-state index contributed by atoms with van der Waals surface area (Å²) in [6.07, 6.45) is -3.87. The van der Waals surface area contributed by atoms with Gasteiger partial charge in [-0.05, 0) is 18.2 Å². The molecule has 0 spiro atoms. The minimum atomic E-state index is -4.49. The van der Waals surface area contributed by atoms with Gasteiger partial charge in [-0.1, -0.05) is 12.1 Å². The molecule has 3 aromatic heterocycles. The van der Waals surface area contributed by atoms with Crippen molar-refractivity contribution in [2.45, 2.75) is 19.3 Å². The fraction of sp³-hybridized carbons (Fsp3) is 0.238. The number of carbonyl (C=O) groups excluding carboxylic acids is 1. The number of fused-ring (bicyclic) bond motifs is 1. The molecule has 0 bridgehead atoms. The Kier molecular flexibility index (Phi) is 6.64. The molecule has 0 aliphatic carbocycles. The van der Waals surface area contributed by atoms with E-state index in [2.05, 4.69) is 25.2 Å². The molecule has 0 aliphatic rings. The fourth-order valence-electron chi connectivity index (χ4n) is 3.25. The van der Waals surface area contributed by atoms with Crippen LogP contribution in [-0.4, -0.2) is 50.2 Å². The molecule has 4 aromatic rings. The summed E-state index contributed by atoms with van der Waals surface area (Å²) in [6.45, 7) is -1.95. The first kappa shape index (κ1) is 24.1. The molecule has 0 aliphatic heterocycles. The largest absolute Gasteiger partial charge is 0.496 e. The highest BCUT2D eigenvalue weighted by atomic mass is 19.4. The van der Waals surface area contributed by atoms with Crippen molar-refractivity contribution in [2.75, 3.05) is 19.0 Å². The fourth-order valence-corrected chi connectivity index (χ4v) is 3.25. The predicted octanol–water partition coefficient (Wildman–Crippen LogP) is 4.33. The van der Waals surface area contributed by atoms with Gasteiger partial charge >= 0.3 is 6.18 Å². The standard InChI is InChI=1S/C21H17F5N6O3/c1-34-17-5-3-2-4-13(17)15-6-16(18(22)23)32-19(30-15)14(8-28-32)20(33)29-12-7-27-31(9-12)11-35-10-21(24,25)26/h2-9,18H,10-11H2,1H3,(H,29,33). The minimum Gasteiger partial charge on any atom is -0.496 e. The lowest BCUT2D eigenvalue weighted by Gasteiger charge is -2.11. The molecule has 1 amide bonds. The summed E-state index contributed by atoms with van der Waals surface area (Å²) in [4.78, 5) is 17.2. The van der Waals surface area contributed by atoms with E-state index in [1.54, 1.807) is 24.3 Å². The van der Waals surface area contributed by atoms with E-state index in [0.29, 0.717) is 11.3 Å². The first-order valence-corrected chi connectivity index (χ1v) is 9.95. The molecule has 184 valence electrons. The van der Waals surface area contributed by atoms with E-state index in [1.807, 2.05) is 0 Å². The average Bonchev–Trinajstić information content (AvgIpc) is 3.44. The molecule has 35 heavy (non-hydrogen) atoms. The van der Waals surface area contributed by atoms with Crippen molar-refractivity contribution in [3.8, 4) is 17.0 Å². The van der Waals surface area contributed by atoms with Crippen LogP contribution < -0.4 is 10.1 Å². The topological polar surface area (TPSA) is 95.6 Å². The number of ether oxygens (including phenoxy) is 2. The molecule has 1 aromatic carbocycles. The number of nitrogens with one attached hydrogen (secondary N) is 1. The Morgan fingerprint density at radius 3 is 2.66 bits per heavy atom. The van der Waals surface area contributed by atoms with Crippen molar-refractivity contribution in [3.63, 3.8) is 0 Å². The summed E-state index contributed by atoms with van der Waals surface area (Å²) in [5.74, 6) is -0.337. The van der Waals surface area contributed by atoms with Crippen molar-refractivity contribution in [1.29, 1.82) is 0 Å². The smallest absolute Gasteiger partial charge is 0.411 e. The summed E-state index contributed by atoms with van der Waals surface area (Å²) in [6, 6.07) is 7.84. The van der Waals surface area contributed by atoms with Crippen molar-refractivity contribution >= 4 is 17.2 Å². The highest BCUT2D eigenvalue weighted by molar-refractivity contribution is 6.08. The van der Waals surface area contributed by atoms with Crippen LogP contribution >= 0.6 is 0 Å². The summed E-state index contributed by atoms with van der Waals surface area (Å²) in [5.41, 5.74) is 0.0119. The summed E-state index contributed by atoms with van der Waals surface area (Å²) < 4.78 is 75.9. The van der Waals surface area contributed by atoms with E-state index in [4.69, 9.17) is 4.74 Å². The third kappa shape index (κ3) is 5.37. The molecule has 0 saturated carbocycles. The second-order valence-corrected chi connectivity index (χ2v) is 7.18. The van der Waals surface area contributed by atoms with Crippen LogP contribution in [0, 0.1) is 0 Å². The van der Waals surface area contributed by atoms with E-state index < -0.39 is 37.5 Å². The number of alkyl halides is 5. The van der Waals surface area contributed by atoms with Gasteiger partial charge in [-0.2, -0.15) is 23.4 Å². The molecule has 0 atom stereocenters. The van der Waals surface area contributed by atoms with Gasteiger partial charge in [0.15, 0.2) is 5.65 Å². The Labute approximate surface area is 194 Å². The zero-order chi connectivity index (χ0) is 25.2. The minimum absolute atomic E-state index is 0.107. The number of amides is 1. The van der Waals surface area contributed by atoms with Crippen LogP contribution in [-0.2, 0) is 11.5 Å². The molecule has 0 fully saturated rings. The van der Waals surface area contributed by atoms with Gasteiger partial charge in [-0.15, -0.1) is 0 Å². The molecular formula is C21H17F5N6O3. The van der Waals surface area contributed by atoms with Crippen LogP contribution in [0.5, 0.6) is 5.75 Å². The molecule has 0 unspecified atom stereocenters. The van der Waals surface area contributed by atoms with E-state index in [9.17, 15) is 26.7 Å². The maximum atomic E-state index is 13.8.